The molecule has 0 aliphatic rings. The summed E-state index contributed by atoms with van der Waals surface area (Å²) in [6.45, 7) is 2.30. The Bertz CT molecular complexity index is 398. The van der Waals surface area contributed by atoms with Crippen molar-refractivity contribution in [3.8, 4) is 0 Å². The highest BCUT2D eigenvalue weighted by Crippen LogP contribution is 2.25. The Hall–Kier alpha value is -0.710. The highest BCUT2D eigenvalue weighted by molar-refractivity contribution is 7.99. The van der Waals surface area contributed by atoms with Gasteiger partial charge in [-0.15, -0.1) is 0 Å². The summed E-state index contributed by atoms with van der Waals surface area (Å²) in [7, 11) is 0. The zero-order chi connectivity index (χ0) is 12.8. The first-order chi connectivity index (χ1) is 8.04. The van der Waals surface area contributed by atoms with Crippen molar-refractivity contribution in [3.05, 3.63) is 34.3 Å². The zero-order valence-electron chi connectivity index (χ0n) is 9.74. The van der Waals surface area contributed by atoms with Crippen LogP contribution in [0.4, 0.5) is 0 Å². The first-order valence-electron chi connectivity index (χ1n) is 5.40. The molecule has 0 heterocycles. The van der Waals surface area contributed by atoms with E-state index in [9.17, 15) is 0 Å². The summed E-state index contributed by atoms with van der Waals surface area (Å²) in [5, 5.41) is 17.2. The van der Waals surface area contributed by atoms with Crippen molar-refractivity contribution in [2.24, 2.45) is 5.73 Å². The number of benzene rings is 1. The fourth-order valence-corrected chi connectivity index (χ4v) is 2.64. The standard InChI is InChI=1S/C12H17ClN2OS/c1-8(4-5-16)17-7-10-3-2-9(12(14)15)6-11(10)13/h2-3,6,8,16H,4-5,7H2,1H3,(H3,14,15). The number of nitrogen functional groups attached to an aromatic ring is 1. The summed E-state index contributed by atoms with van der Waals surface area (Å²) in [4.78, 5) is 0. The van der Waals surface area contributed by atoms with Gasteiger partial charge in [0.05, 0.1) is 0 Å². The van der Waals surface area contributed by atoms with E-state index < -0.39 is 0 Å². The maximum absolute atomic E-state index is 8.81. The quantitative estimate of drug-likeness (QED) is 0.551. The molecular weight excluding hydrogens is 256 g/mol. The molecule has 0 amide bonds. The molecule has 1 unspecified atom stereocenters. The topological polar surface area (TPSA) is 70.1 Å². The molecule has 0 aliphatic heterocycles. The largest absolute Gasteiger partial charge is 0.396 e. The normalized spacial score (nSPS) is 12.4. The third kappa shape index (κ3) is 4.58. The molecule has 0 aromatic heterocycles. The molecule has 4 N–H and O–H groups in total. The van der Waals surface area contributed by atoms with Crippen LogP contribution in [0.2, 0.25) is 5.02 Å². The molecule has 0 fully saturated rings. The average molecular weight is 273 g/mol. The predicted molar refractivity (Wildman–Crippen MR) is 74.9 cm³/mol. The number of nitrogens with one attached hydrogen (secondary N) is 1. The predicted octanol–water partition coefficient (Wildman–Crippen LogP) is 2.63. The first-order valence-corrected chi connectivity index (χ1v) is 6.82. The van der Waals surface area contributed by atoms with Crippen molar-refractivity contribution in [1.29, 1.82) is 5.41 Å². The van der Waals surface area contributed by atoms with Crippen molar-refractivity contribution in [2.75, 3.05) is 6.61 Å². The van der Waals surface area contributed by atoms with E-state index in [1.54, 1.807) is 23.9 Å². The number of aliphatic hydroxyl groups excluding tert-OH is 1. The molecule has 0 saturated heterocycles. The second-order valence-corrected chi connectivity index (χ2v) is 5.69. The molecule has 1 aromatic carbocycles. The summed E-state index contributed by atoms with van der Waals surface area (Å²) in [6.07, 6.45) is 0.786. The molecule has 0 spiro atoms. The minimum absolute atomic E-state index is 0.0275. The summed E-state index contributed by atoms with van der Waals surface area (Å²) < 4.78 is 0. The van der Waals surface area contributed by atoms with Gasteiger partial charge in [0.1, 0.15) is 5.84 Å². The Morgan fingerprint density at radius 1 is 1.59 bits per heavy atom. The van der Waals surface area contributed by atoms with Crippen molar-refractivity contribution in [1.82, 2.24) is 0 Å². The maximum atomic E-state index is 8.81. The summed E-state index contributed by atoms with van der Waals surface area (Å²) in [5.74, 6) is 0.831. The molecule has 0 saturated carbocycles. The van der Waals surface area contributed by atoms with Crippen molar-refractivity contribution in [3.63, 3.8) is 0 Å². The van der Waals surface area contributed by atoms with E-state index >= 15 is 0 Å². The Morgan fingerprint density at radius 2 is 2.29 bits per heavy atom. The van der Waals surface area contributed by atoms with Crippen LogP contribution >= 0.6 is 23.4 Å². The number of amidine groups is 1. The van der Waals surface area contributed by atoms with E-state index in [1.165, 1.54) is 0 Å². The number of nitrogens with two attached hydrogens (primary N) is 1. The van der Waals surface area contributed by atoms with Crippen LogP contribution in [0.25, 0.3) is 0 Å². The van der Waals surface area contributed by atoms with Crippen molar-refractivity contribution >= 4 is 29.2 Å². The Labute approximate surface area is 111 Å². The van der Waals surface area contributed by atoms with E-state index in [0.29, 0.717) is 15.8 Å². The summed E-state index contributed by atoms with van der Waals surface area (Å²) in [6, 6.07) is 5.43. The van der Waals surface area contributed by atoms with Gasteiger partial charge < -0.3 is 10.8 Å². The fourth-order valence-electron chi connectivity index (χ4n) is 1.33. The van der Waals surface area contributed by atoms with Crippen molar-refractivity contribution < 1.29 is 5.11 Å². The molecule has 94 valence electrons. The lowest BCUT2D eigenvalue weighted by Crippen LogP contribution is -2.11. The lowest BCUT2D eigenvalue weighted by atomic mass is 10.1. The SMILES string of the molecule is CC(CCO)SCc1ccc(C(=N)N)cc1Cl. The number of hydrogen-bond donors (Lipinski definition) is 3. The monoisotopic (exact) mass is 272 g/mol. The van der Waals surface area contributed by atoms with Crippen LogP contribution in [0.3, 0.4) is 0 Å². The number of aliphatic hydroxyl groups is 1. The minimum Gasteiger partial charge on any atom is -0.396 e. The molecule has 3 nitrogen and oxygen atoms in total. The fraction of sp³-hybridized carbons (Fsp3) is 0.417. The number of thioether (sulfide) groups is 1. The third-order valence-electron chi connectivity index (χ3n) is 2.42. The van der Waals surface area contributed by atoms with Gasteiger partial charge in [-0.05, 0) is 18.1 Å². The highest BCUT2D eigenvalue weighted by Gasteiger charge is 2.07. The molecule has 0 radical (unpaired) electrons. The molecule has 1 aromatic rings. The lowest BCUT2D eigenvalue weighted by molar-refractivity contribution is 0.289. The minimum atomic E-state index is 0.0275. The van der Waals surface area contributed by atoms with E-state index in [2.05, 4.69) is 6.92 Å². The van der Waals surface area contributed by atoms with Crippen molar-refractivity contribution in [2.45, 2.75) is 24.3 Å². The molecule has 5 heteroatoms. The Kier molecular flexibility index (Phi) is 5.82. The van der Waals surface area contributed by atoms with Gasteiger partial charge in [0, 0.05) is 28.2 Å². The van der Waals surface area contributed by atoms with Crippen LogP contribution < -0.4 is 5.73 Å². The van der Waals surface area contributed by atoms with Crippen LogP contribution in [0.5, 0.6) is 0 Å². The van der Waals surface area contributed by atoms with E-state index in [4.69, 9.17) is 27.9 Å². The van der Waals surface area contributed by atoms with Gasteiger partial charge in [-0.25, -0.2) is 0 Å². The molecular formula is C12H17ClN2OS. The third-order valence-corrected chi connectivity index (χ3v) is 4.06. The van der Waals surface area contributed by atoms with Crippen LogP contribution in [0.15, 0.2) is 18.2 Å². The van der Waals surface area contributed by atoms with E-state index in [1.807, 2.05) is 6.07 Å². The van der Waals surface area contributed by atoms with Gasteiger partial charge >= 0.3 is 0 Å². The molecule has 0 bridgehead atoms. The number of rotatable bonds is 6. The molecule has 17 heavy (non-hydrogen) atoms. The summed E-state index contributed by atoms with van der Waals surface area (Å²) in [5.41, 5.74) is 7.07. The van der Waals surface area contributed by atoms with E-state index in [0.717, 1.165) is 17.7 Å². The van der Waals surface area contributed by atoms with Gasteiger partial charge in [-0.2, -0.15) is 11.8 Å². The molecule has 1 rings (SSSR count). The van der Waals surface area contributed by atoms with Gasteiger partial charge in [-0.1, -0.05) is 30.7 Å². The number of halogens is 1. The van der Waals surface area contributed by atoms with Crippen LogP contribution in [-0.2, 0) is 5.75 Å². The average Bonchev–Trinajstić information content (AvgIpc) is 2.27. The second kappa shape index (κ2) is 6.89. The zero-order valence-corrected chi connectivity index (χ0v) is 11.3. The van der Waals surface area contributed by atoms with Gasteiger partial charge in [0.2, 0.25) is 0 Å². The first kappa shape index (κ1) is 14.4. The smallest absolute Gasteiger partial charge is 0.122 e. The Morgan fingerprint density at radius 3 is 2.82 bits per heavy atom. The lowest BCUT2D eigenvalue weighted by Gasteiger charge is -2.11. The number of hydrogen-bond acceptors (Lipinski definition) is 3. The molecule has 1 atom stereocenters. The molecule has 0 aliphatic carbocycles. The van der Waals surface area contributed by atoms with Gasteiger partial charge in [0.15, 0.2) is 0 Å². The maximum Gasteiger partial charge on any atom is 0.122 e. The van der Waals surface area contributed by atoms with Gasteiger partial charge in [0.25, 0.3) is 0 Å². The van der Waals surface area contributed by atoms with E-state index in [-0.39, 0.29) is 12.4 Å². The van der Waals surface area contributed by atoms with Crippen LogP contribution in [0.1, 0.15) is 24.5 Å². The van der Waals surface area contributed by atoms with Crippen LogP contribution in [0, 0.1) is 5.41 Å². The Balaban J connectivity index is 2.63. The van der Waals surface area contributed by atoms with Gasteiger partial charge in [-0.3, -0.25) is 5.41 Å². The van der Waals surface area contributed by atoms with Crippen LogP contribution in [-0.4, -0.2) is 22.8 Å². The highest BCUT2D eigenvalue weighted by atomic mass is 35.5. The second-order valence-electron chi connectivity index (χ2n) is 3.85. The summed E-state index contributed by atoms with van der Waals surface area (Å²) >= 11 is 7.87.